The van der Waals surface area contributed by atoms with Gasteiger partial charge in [0.15, 0.2) is 17.5 Å². The first kappa shape index (κ1) is 35.4. The van der Waals surface area contributed by atoms with Gasteiger partial charge in [-0.15, -0.1) is 11.3 Å². The Kier molecular flexibility index (Phi) is 8.39. The van der Waals surface area contributed by atoms with Crippen molar-refractivity contribution in [3.05, 3.63) is 191 Å². The van der Waals surface area contributed by atoms with Gasteiger partial charge in [-0.3, -0.25) is 0 Å². The first-order chi connectivity index (χ1) is 28.9. The molecule has 0 saturated heterocycles. The predicted molar refractivity (Wildman–Crippen MR) is 247 cm³/mol. The molecule has 0 N–H and O–H groups in total. The maximum Gasteiger partial charge on any atom is 0.164 e. The Labute approximate surface area is 349 Å². The summed E-state index contributed by atoms with van der Waals surface area (Å²) in [5, 5.41) is 1.37. The van der Waals surface area contributed by atoms with Crippen LogP contribution in [0.5, 0.6) is 0 Å². The van der Waals surface area contributed by atoms with Crippen molar-refractivity contribution in [1.29, 1.82) is 0 Å². The van der Waals surface area contributed by atoms with Crippen LogP contribution in [0.2, 0.25) is 0 Å². The summed E-state index contributed by atoms with van der Waals surface area (Å²) in [6.45, 7) is 6.98. The second kappa shape index (κ2) is 14.0. The van der Waals surface area contributed by atoms with E-state index in [-0.39, 0.29) is 5.41 Å². The van der Waals surface area contributed by atoms with E-state index >= 15 is 0 Å². The normalized spacial score (nSPS) is 14.9. The first-order valence-corrected chi connectivity index (χ1v) is 21.3. The maximum atomic E-state index is 5.35. The van der Waals surface area contributed by atoms with Crippen molar-refractivity contribution in [2.75, 3.05) is 0 Å². The van der Waals surface area contributed by atoms with Gasteiger partial charge in [0.25, 0.3) is 0 Å². The smallest absolute Gasteiger partial charge is 0.164 e. The quantitative estimate of drug-likeness (QED) is 0.169. The van der Waals surface area contributed by atoms with Gasteiger partial charge in [-0.2, -0.15) is 0 Å². The number of fused-ring (bicyclic) bond motifs is 6. The van der Waals surface area contributed by atoms with Crippen LogP contribution in [0.25, 0.3) is 94.8 Å². The molecule has 4 heteroatoms. The Bertz CT molecular complexity index is 3130. The van der Waals surface area contributed by atoms with Crippen LogP contribution in [0.4, 0.5) is 0 Å². The summed E-state index contributed by atoms with van der Waals surface area (Å²) in [5.74, 6) is 2.48. The van der Waals surface area contributed by atoms with Crippen LogP contribution in [0.15, 0.2) is 170 Å². The number of rotatable bonds is 6. The van der Waals surface area contributed by atoms with Crippen LogP contribution in [0.3, 0.4) is 0 Å². The highest BCUT2D eigenvalue weighted by Crippen LogP contribution is 2.52. The van der Waals surface area contributed by atoms with Gasteiger partial charge in [-0.05, 0) is 103 Å². The lowest BCUT2D eigenvalue weighted by Gasteiger charge is -2.21. The standard InChI is InChI=1S/C55H41N3S/c1-34-15-9-30-48-49(34)44-26-13-25-42(51(44)59-48)39-21-12-23-41(33-39)53-56-52(40-22-11-20-38(32-40)37-19-10-18-36(31-37)35-16-5-4-6-17-35)57-54(58-53)45-27-14-29-47-50(45)43-24-7-8-28-46(43)55(47,2)3/h4-14,16-34H,15H2,1-3H3. The number of hydrogen-bond acceptors (Lipinski definition) is 4. The summed E-state index contributed by atoms with van der Waals surface area (Å²) >= 11 is 1.90. The van der Waals surface area contributed by atoms with Gasteiger partial charge in [-0.25, -0.2) is 15.0 Å². The Morgan fingerprint density at radius 1 is 0.492 bits per heavy atom. The lowest BCUT2D eigenvalue weighted by atomic mass is 9.82. The van der Waals surface area contributed by atoms with E-state index in [1.807, 2.05) is 11.3 Å². The fourth-order valence-electron chi connectivity index (χ4n) is 9.38. The Hall–Kier alpha value is -6.75. The zero-order valence-corrected chi connectivity index (χ0v) is 34.1. The van der Waals surface area contributed by atoms with Crippen LogP contribution in [0, 0.1) is 0 Å². The predicted octanol–water partition coefficient (Wildman–Crippen LogP) is 14.9. The number of aromatic nitrogens is 3. The number of benzene rings is 7. The van der Waals surface area contributed by atoms with E-state index in [1.165, 1.54) is 59.5 Å². The van der Waals surface area contributed by atoms with E-state index in [0.29, 0.717) is 23.4 Å². The van der Waals surface area contributed by atoms with E-state index in [1.54, 1.807) is 0 Å². The SMILES string of the molecule is CC1CC=Cc2sc3c(-c4cccc(-c5nc(-c6cccc(-c7cccc(-c8ccccc8)c7)c6)nc(-c6cccc7c6-c6ccccc6C7(C)C)n5)c4)cccc3c21. The van der Waals surface area contributed by atoms with Crippen molar-refractivity contribution in [2.24, 2.45) is 0 Å². The monoisotopic (exact) mass is 775 g/mol. The average Bonchev–Trinajstić information content (AvgIpc) is 3.80. The number of hydrogen-bond donors (Lipinski definition) is 0. The topological polar surface area (TPSA) is 38.7 Å². The van der Waals surface area contributed by atoms with E-state index in [0.717, 1.165) is 39.8 Å². The molecule has 282 valence electrons. The van der Waals surface area contributed by atoms with Crippen molar-refractivity contribution in [1.82, 2.24) is 15.0 Å². The molecule has 3 nitrogen and oxygen atoms in total. The lowest BCUT2D eigenvalue weighted by Crippen LogP contribution is -2.14. The number of allylic oxidation sites excluding steroid dienone is 1. The average molecular weight is 776 g/mol. The minimum absolute atomic E-state index is 0.146. The molecule has 2 aromatic heterocycles. The van der Waals surface area contributed by atoms with E-state index in [4.69, 9.17) is 15.0 Å². The fourth-order valence-corrected chi connectivity index (χ4v) is 10.8. The van der Waals surface area contributed by atoms with E-state index < -0.39 is 0 Å². The third-order valence-corrected chi connectivity index (χ3v) is 13.6. The molecule has 1 unspecified atom stereocenters. The van der Waals surface area contributed by atoms with Crippen molar-refractivity contribution in [3.63, 3.8) is 0 Å². The van der Waals surface area contributed by atoms with Crippen molar-refractivity contribution in [2.45, 2.75) is 38.5 Å². The third-order valence-electron chi connectivity index (χ3n) is 12.4. The molecule has 0 amide bonds. The Balaban J connectivity index is 1.08. The highest BCUT2D eigenvalue weighted by atomic mass is 32.1. The Morgan fingerprint density at radius 3 is 1.78 bits per heavy atom. The van der Waals surface area contributed by atoms with E-state index in [2.05, 4.69) is 197 Å². The van der Waals surface area contributed by atoms with Gasteiger partial charge >= 0.3 is 0 Å². The van der Waals surface area contributed by atoms with E-state index in [9.17, 15) is 0 Å². The van der Waals surface area contributed by atoms with Gasteiger partial charge in [-0.1, -0.05) is 172 Å². The lowest BCUT2D eigenvalue weighted by molar-refractivity contribution is 0.660. The van der Waals surface area contributed by atoms with Crippen molar-refractivity contribution >= 4 is 27.5 Å². The molecule has 7 aromatic carbocycles. The molecule has 0 bridgehead atoms. The molecule has 2 aliphatic carbocycles. The summed E-state index contributed by atoms with van der Waals surface area (Å²) in [6.07, 6.45) is 5.71. The molecule has 11 rings (SSSR count). The highest BCUT2D eigenvalue weighted by molar-refractivity contribution is 7.20. The molecule has 9 aromatic rings. The largest absolute Gasteiger partial charge is 0.208 e. The number of nitrogens with zero attached hydrogens (tertiary/aromatic N) is 3. The molecule has 0 spiro atoms. The third kappa shape index (κ3) is 5.97. The van der Waals surface area contributed by atoms with Crippen LogP contribution in [-0.4, -0.2) is 15.0 Å². The minimum atomic E-state index is -0.146. The summed E-state index contributed by atoms with van der Waals surface area (Å²) in [5.41, 5.74) is 16.3. The second-order valence-corrected chi connectivity index (χ2v) is 17.5. The molecule has 0 fully saturated rings. The summed E-state index contributed by atoms with van der Waals surface area (Å²) < 4.78 is 1.33. The molecule has 2 aliphatic rings. The van der Waals surface area contributed by atoms with Crippen LogP contribution >= 0.6 is 11.3 Å². The van der Waals surface area contributed by atoms with Crippen molar-refractivity contribution in [3.8, 4) is 78.7 Å². The summed E-state index contributed by atoms with van der Waals surface area (Å²) in [4.78, 5) is 17.4. The molecule has 0 saturated carbocycles. The van der Waals surface area contributed by atoms with Gasteiger partial charge in [0, 0.05) is 31.7 Å². The zero-order chi connectivity index (χ0) is 39.7. The molecular weight excluding hydrogens is 735 g/mol. The molecule has 59 heavy (non-hydrogen) atoms. The Morgan fingerprint density at radius 2 is 1.02 bits per heavy atom. The maximum absolute atomic E-state index is 5.35. The fraction of sp³-hybridized carbons (Fsp3) is 0.109. The van der Waals surface area contributed by atoms with Crippen LogP contribution in [-0.2, 0) is 5.41 Å². The highest BCUT2D eigenvalue weighted by Gasteiger charge is 2.37. The molecule has 2 heterocycles. The van der Waals surface area contributed by atoms with Crippen molar-refractivity contribution < 1.29 is 0 Å². The molecular formula is C55H41N3S. The molecule has 1 atom stereocenters. The zero-order valence-electron chi connectivity index (χ0n) is 33.3. The first-order valence-electron chi connectivity index (χ1n) is 20.5. The van der Waals surface area contributed by atoms with Crippen LogP contribution < -0.4 is 0 Å². The van der Waals surface area contributed by atoms with Crippen LogP contribution in [0.1, 0.15) is 54.7 Å². The van der Waals surface area contributed by atoms with Gasteiger partial charge in [0.05, 0.1) is 0 Å². The molecule has 0 aliphatic heterocycles. The van der Waals surface area contributed by atoms with Gasteiger partial charge < -0.3 is 0 Å². The summed E-state index contributed by atoms with van der Waals surface area (Å²) in [6, 6.07) is 58.8. The summed E-state index contributed by atoms with van der Waals surface area (Å²) in [7, 11) is 0. The van der Waals surface area contributed by atoms with Gasteiger partial charge in [0.1, 0.15) is 0 Å². The van der Waals surface area contributed by atoms with Gasteiger partial charge in [0.2, 0.25) is 0 Å². The number of thiophene rings is 1. The minimum Gasteiger partial charge on any atom is -0.208 e. The molecule has 0 radical (unpaired) electrons. The second-order valence-electron chi connectivity index (χ2n) is 16.4.